The highest BCUT2D eigenvalue weighted by atomic mass is 16.1. The largest absolute Gasteiger partial charge is 0.349 e. The summed E-state index contributed by atoms with van der Waals surface area (Å²) >= 11 is 0. The summed E-state index contributed by atoms with van der Waals surface area (Å²) in [5.41, 5.74) is 3.89. The number of aromatic nitrogens is 2. The van der Waals surface area contributed by atoms with E-state index in [0.29, 0.717) is 11.0 Å². The second kappa shape index (κ2) is 5.09. The van der Waals surface area contributed by atoms with Crippen LogP contribution in [-0.4, -0.2) is 21.3 Å². The van der Waals surface area contributed by atoms with Gasteiger partial charge in [0.05, 0.1) is 5.56 Å². The molecule has 25 heavy (non-hydrogen) atoms. The first-order valence-electron chi connectivity index (χ1n) is 9.71. The summed E-state index contributed by atoms with van der Waals surface area (Å²) in [5.74, 6) is 2.81. The van der Waals surface area contributed by atoms with Crippen LogP contribution in [0, 0.1) is 37.0 Å². The van der Waals surface area contributed by atoms with Gasteiger partial charge in [-0.05, 0) is 88.2 Å². The molecule has 4 bridgehead atoms. The SMILES string of the molecule is Cc1cc(C)n2ccc(C(=O)NC(C)C34CC5CC(C3)C(C5)C4)c2n1. The van der Waals surface area contributed by atoms with Gasteiger partial charge in [0.15, 0.2) is 0 Å². The molecule has 4 heteroatoms. The molecule has 2 heterocycles. The molecule has 0 aliphatic heterocycles. The van der Waals surface area contributed by atoms with Crippen LogP contribution in [0.1, 0.15) is 60.8 Å². The quantitative estimate of drug-likeness (QED) is 0.923. The summed E-state index contributed by atoms with van der Waals surface area (Å²) in [5, 5.41) is 3.35. The molecule has 0 radical (unpaired) electrons. The van der Waals surface area contributed by atoms with Gasteiger partial charge in [-0.2, -0.15) is 0 Å². The first-order valence-corrected chi connectivity index (χ1v) is 9.71. The van der Waals surface area contributed by atoms with Gasteiger partial charge in [0.25, 0.3) is 5.91 Å². The van der Waals surface area contributed by atoms with Crippen molar-refractivity contribution in [1.82, 2.24) is 14.7 Å². The number of nitrogens with zero attached hydrogens (tertiary/aromatic N) is 2. The van der Waals surface area contributed by atoms with Gasteiger partial charge in [-0.25, -0.2) is 4.98 Å². The monoisotopic (exact) mass is 337 g/mol. The molecule has 3 atom stereocenters. The summed E-state index contributed by atoms with van der Waals surface area (Å²) in [6.45, 7) is 6.27. The Morgan fingerprint density at radius 1 is 1.28 bits per heavy atom. The van der Waals surface area contributed by atoms with Crippen LogP contribution in [0.2, 0.25) is 0 Å². The van der Waals surface area contributed by atoms with E-state index < -0.39 is 0 Å². The second-order valence-electron chi connectivity index (χ2n) is 8.99. The zero-order valence-corrected chi connectivity index (χ0v) is 15.4. The first kappa shape index (κ1) is 15.4. The molecule has 4 fully saturated rings. The lowest BCUT2D eigenvalue weighted by Gasteiger charge is -2.43. The van der Waals surface area contributed by atoms with Crippen molar-refractivity contribution in [1.29, 1.82) is 0 Å². The molecule has 3 unspecified atom stereocenters. The topological polar surface area (TPSA) is 46.4 Å². The van der Waals surface area contributed by atoms with Crippen LogP contribution in [0.15, 0.2) is 18.3 Å². The molecule has 4 nitrogen and oxygen atoms in total. The molecule has 4 aliphatic carbocycles. The number of fused-ring (bicyclic) bond motifs is 1. The van der Waals surface area contributed by atoms with Gasteiger partial charge in [0.2, 0.25) is 0 Å². The van der Waals surface area contributed by atoms with Gasteiger partial charge < -0.3 is 9.72 Å². The van der Waals surface area contributed by atoms with Crippen LogP contribution in [0.5, 0.6) is 0 Å². The smallest absolute Gasteiger partial charge is 0.255 e. The Bertz CT molecular complexity index is 848. The molecule has 1 N–H and O–H groups in total. The Morgan fingerprint density at radius 3 is 2.68 bits per heavy atom. The number of nitrogens with one attached hydrogen (secondary N) is 1. The Balaban J connectivity index is 1.41. The van der Waals surface area contributed by atoms with E-state index in [1.807, 2.05) is 29.7 Å². The number of carbonyl (C=O) groups excluding carboxylic acids is 1. The number of aryl methyl sites for hydroxylation is 2. The minimum absolute atomic E-state index is 0.0320. The predicted molar refractivity (Wildman–Crippen MR) is 97.6 cm³/mol. The third-order valence-electron chi connectivity index (χ3n) is 7.42. The molecule has 0 spiro atoms. The first-order chi connectivity index (χ1) is 11.9. The molecule has 4 saturated carbocycles. The molecule has 2 aromatic rings. The molecule has 1 amide bonds. The number of amides is 1. The summed E-state index contributed by atoms with van der Waals surface area (Å²) in [6, 6.07) is 4.20. The van der Waals surface area contributed by atoms with Crippen molar-refractivity contribution in [3.63, 3.8) is 0 Å². The van der Waals surface area contributed by atoms with E-state index in [1.165, 1.54) is 32.1 Å². The maximum atomic E-state index is 13.0. The third kappa shape index (κ3) is 2.19. The number of rotatable bonds is 3. The van der Waals surface area contributed by atoms with E-state index in [1.54, 1.807) is 0 Å². The summed E-state index contributed by atoms with van der Waals surface area (Å²) < 4.78 is 2.01. The van der Waals surface area contributed by atoms with Crippen molar-refractivity contribution in [2.24, 2.45) is 23.2 Å². The maximum absolute atomic E-state index is 13.0. The van der Waals surface area contributed by atoms with Gasteiger partial charge in [-0.1, -0.05) is 0 Å². The molecule has 132 valence electrons. The van der Waals surface area contributed by atoms with Crippen LogP contribution >= 0.6 is 0 Å². The van der Waals surface area contributed by atoms with Gasteiger partial charge in [0.1, 0.15) is 5.65 Å². The van der Waals surface area contributed by atoms with Crippen molar-refractivity contribution in [2.45, 2.75) is 58.9 Å². The highest BCUT2D eigenvalue weighted by Crippen LogP contribution is 2.65. The predicted octanol–water partition coefficient (Wildman–Crippen LogP) is 3.90. The standard InChI is InChI=1S/C21H27N3O/c1-12-6-13(2)24-5-4-18(19(24)22-12)20(25)23-14(3)21-9-15-7-16(10-21)17(8-15)11-21/h4-6,14-17H,7-11H2,1-3H3,(H,23,25). The Hall–Kier alpha value is -1.84. The van der Waals surface area contributed by atoms with Crippen LogP contribution in [0.3, 0.4) is 0 Å². The fourth-order valence-electron chi connectivity index (χ4n) is 6.40. The van der Waals surface area contributed by atoms with Gasteiger partial charge in [0, 0.05) is 23.6 Å². The normalized spacial score (nSPS) is 34.0. The Labute approximate surface area is 149 Å². The van der Waals surface area contributed by atoms with E-state index in [4.69, 9.17) is 0 Å². The van der Waals surface area contributed by atoms with Crippen molar-refractivity contribution >= 4 is 11.6 Å². The van der Waals surface area contributed by atoms with E-state index in [2.05, 4.69) is 24.1 Å². The van der Waals surface area contributed by atoms with Crippen molar-refractivity contribution in [3.05, 3.63) is 35.3 Å². The van der Waals surface area contributed by atoms with Crippen LogP contribution < -0.4 is 5.32 Å². The van der Waals surface area contributed by atoms with Gasteiger partial charge in [-0.3, -0.25) is 4.79 Å². The fraction of sp³-hybridized carbons (Fsp3) is 0.619. The van der Waals surface area contributed by atoms with Gasteiger partial charge in [-0.15, -0.1) is 0 Å². The molecule has 4 aliphatic rings. The van der Waals surface area contributed by atoms with Crippen molar-refractivity contribution in [2.75, 3.05) is 0 Å². The highest BCUT2D eigenvalue weighted by molar-refractivity contribution is 6.00. The van der Waals surface area contributed by atoms with Crippen LogP contribution in [0.4, 0.5) is 0 Å². The van der Waals surface area contributed by atoms with E-state index >= 15 is 0 Å². The fourth-order valence-corrected chi connectivity index (χ4v) is 6.40. The summed E-state index contributed by atoms with van der Waals surface area (Å²) in [7, 11) is 0. The minimum Gasteiger partial charge on any atom is -0.349 e. The lowest BCUT2D eigenvalue weighted by atomic mass is 9.65. The van der Waals surface area contributed by atoms with Crippen molar-refractivity contribution in [3.8, 4) is 0 Å². The maximum Gasteiger partial charge on any atom is 0.255 e. The second-order valence-corrected chi connectivity index (χ2v) is 8.99. The zero-order valence-electron chi connectivity index (χ0n) is 15.4. The lowest BCUT2D eigenvalue weighted by molar-refractivity contribution is 0.0753. The molecule has 6 rings (SSSR count). The molecule has 2 aromatic heterocycles. The number of hydrogen-bond acceptors (Lipinski definition) is 2. The molecule has 0 saturated heterocycles. The Morgan fingerprint density at radius 2 is 2.00 bits per heavy atom. The molecular weight excluding hydrogens is 310 g/mol. The molecular formula is C21H27N3O. The summed E-state index contributed by atoms with van der Waals surface area (Å²) in [6.07, 6.45) is 8.80. The molecule has 0 aromatic carbocycles. The van der Waals surface area contributed by atoms with Crippen LogP contribution in [0.25, 0.3) is 5.65 Å². The average molecular weight is 337 g/mol. The lowest BCUT2D eigenvalue weighted by Crippen LogP contribution is -2.47. The van der Waals surface area contributed by atoms with E-state index in [-0.39, 0.29) is 11.9 Å². The average Bonchev–Trinajstić information content (AvgIpc) is 3.16. The summed E-state index contributed by atoms with van der Waals surface area (Å²) in [4.78, 5) is 17.6. The number of carbonyl (C=O) groups is 1. The van der Waals surface area contributed by atoms with E-state index in [0.717, 1.165) is 34.8 Å². The number of hydrogen-bond donors (Lipinski definition) is 1. The minimum atomic E-state index is 0.0320. The zero-order chi connectivity index (χ0) is 17.3. The van der Waals surface area contributed by atoms with Gasteiger partial charge >= 0.3 is 0 Å². The highest BCUT2D eigenvalue weighted by Gasteiger charge is 2.57. The van der Waals surface area contributed by atoms with Crippen molar-refractivity contribution < 1.29 is 4.79 Å². The van der Waals surface area contributed by atoms with Crippen LogP contribution in [-0.2, 0) is 0 Å². The third-order valence-corrected chi connectivity index (χ3v) is 7.42. The Kier molecular flexibility index (Phi) is 3.14. The van der Waals surface area contributed by atoms with E-state index in [9.17, 15) is 4.79 Å².